The lowest BCUT2D eigenvalue weighted by Gasteiger charge is -2.22. The fourth-order valence-electron chi connectivity index (χ4n) is 2.35. The van der Waals surface area contributed by atoms with Crippen LogP contribution in [0.3, 0.4) is 0 Å². The molecule has 0 spiro atoms. The van der Waals surface area contributed by atoms with Crippen molar-refractivity contribution in [3.05, 3.63) is 53.2 Å². The quantitative estimate of drug-likeness (QED) is 0.850. The predicted octanol–water partition coefficient (Wildman–Crippen LogP) is 3.54. The van der Waals surface area contributed by atoms with Gasteiger partial charge in [0.25, 0.3) is 5.91 Å². The molecule has 1 aromatic heterocycles. The molecule has 0 saturated carbocycles. The van der Waals surface area contributed by atoms with Crippen molar-refractivity contribution in [2.75, 3.05) is 6.61 Å². The summed E-state index contributed by atoms with van der Waals surface area (Å²) in [4.78, 5) is 16.8. The highest BCUT2D eigenvalue weighted by Crippen LogP contribution is 2.24. The molecule has 4 nitrogen and oxygen atoms in total. The molecule has 0 aliphatic heterocycles. The van der Waals surface area contributed by atoms with E-state index in [0.717, 1.165) is 11.3 Å². The van der Waals surface area contributed by atoms with Gasteiger partial charge in [0, 0.05) is 24.4 Å². The van der Waals surface area contributed by atoms with E-state index in [-0.39, 0.29) is 24.5 Å². The molecule has 2 aromatic rings. The molecule has 2 rings (SSSR count). The number of rotatable bonds is 6. The molecular weight excluding hydrogens is 312 g/mol. The largest absolute Gasteiger partial charge is 0.396 e. The lowest BCUT2D eigenvalue weighted by molar-refractivity contribution is 0.0917. The van der Waals surface area contributed by atoms with Crippen molar-refractivity contribution in [1.29, 1.82) is 0 Å². The molecule has 2 N–H and O–H groups in total. The molecule has 0 aliphatic carbocycles. The van der Waals surface area contributed by atoms with Gasteiger partial charge in [-0.25, -0.2) is 0 Å². The third-order valence-corrected chi connectivity index (χ3v) is 4.06. The van der Waals surface area contributed by atoms with Crippen LogP contribution >= 0.6 is 11.6 Å². The summed E-state index contributed by atoms with van der Waals surface area (Å²) in [5, 5.41) is 12.5. The van der Waals surface area contributed by atoms with Crippen molar-refractivity contribution < 1.29 is 9.90 Å². The van der Waals surface area contributed by atoms with E-state index < -0.39 is 0 Å². The summed E-state index contributed by atoms with van der Waals surface area (Å²) >= 11 is 6.19. The van der Waals surface area contributed by atoms with E-state index in [1.807, 2.05) is 38.1 Å². The van der Waals surface area contributed by atoms with Gasteiger partial charge in [-0.3, -0.25) is 9.78 Å². The third kappa shape index (κ3) is 4.53. The van der Waals surface area contributed by atoms with Gasteiger partial charge < -0.3 is 10.4 Å². The minimum absolute atomic E-state index is 0.0326. The Morgan fingerprint density at radius 3 is 2.70 bits per heavy atom. The molecule has 0 saturated heterocycles. The minimum Gasteiger partial charge on any atom is -0.396 e. The van der Waals surface area contributed by atoms with Gasteiger partial charge in [0.05, 0.1) is 16.3 Å². The Hall–Kier alpha value is -1.91. The Morgan fingerprint density at radius 2 is 2.09 bits per heavy atom. The van der Waals surface area contributed by atoms with E-state index in [9.17, 15) is 4.79 Å². The summed E-state index contributed by atoms with van der Waals surface area (Å²) in [7, 11) is 0. The van der Waals surface area contributed by atoms with Gasteiger partial charge in [-0.1, -0.05) is 37.6 Å². The number of carbonyl (C=O) groups is 1. The van der Waals surface area contributed by atoms with Crippen LogP contribution in [0.25, 0.3) is 11.3 Å². The Balaban J connectivity index is 2.26. The van der Waals surface area contributed by atoms with Crippen molar-refractivity contribution in [1.82, 2.24) is 10.3 Å². The summed E-state index contributed by atoms with van der Waals surface area (Å²) in [5.41, 5.74) is 2.04. The van der Waals surface area contributed by atoms with Crippen LogP contribution in [0.4, 0.5) is 0 Å². The molecule has 0 aliphatic rings. The number of amides is 1. The van der Waals surface area contributed by atoms with Crippen molar-refractivity contribution >= 4 is 17.5 Å². The fraction of sp³-hybridized carbons (Fsp3) is 0.333. The molecule has 0 fully saturated rings. The first-order chi connectivity index (χ1) is 11.0. The average molecular weight is 333 g/mol. The number of pyridine rings is 1. The zero-order chi connectivity index (χ0) is 16.8. The Morgan fingerprint density at radius 1 is 1.30 bits per heavy atom. The molecule has 1 aromatic carbocycles. The summed E-state index contributed by atoms with van der Waals surface area (Å²) in [6.07, 6.45) is 2.22. The van der Waals surface area contributed by atoms with Crippen molar-refractivity contribution in [2.24, 2.45) is 5.92 Å². The molecule has 5 heteroatoms. The number of carbonyl (C=O) groups excluding carboxylic acids is 1. The van der Waals surface area contributed by atoms with Crippen molar-refractivity contribution in [3.8, 4) is 11.3 Å². The smallest absolute Gasteiger partial charge is 0.253 e. The first-order valence-corrected chi connectivity index (χ1v) is 8.03. The molecule has 122 valence electrons. The van der Waals surface area contributed by atoms with Crippen molar-refractivity contribution in [2.45, 2.75) is 26.3 Å². The van der Waals surface area contributed by atoms with Crippen LogP contribution in [0.1, 0.15) is 30.6 Å². The number of aromatic nitrogens is 1. The number of nitrogens with one attached hydrogen (secondary N) is 1. The molecule has 0 bridgehead atoms. The van der Waals surface area contributed by atoms with Crippen LogP contribution in [0.2, 0.25) is 5.02 Å². The second-order valence-corrected chi connectivity index (χ2v) is 6.15. The summed E-state index contributed by atoms with van der Waals surface area (Å²) in [6.45, 7) is 4.05. The van der Waals surface area contributed by atoms with E-state index in [0.29, 0.717) is 17.0 Å². The van der Waals surface area contributed by atoms with E-state index in [4.69, 9.17) is 16.7 Å². The van der Waals surface area contributed by atoms with E-state index in [1.165, 1.54) is 0 Å². The molecule has 0 radical (unpaired) electrons. The van der Waals surface area contributed by atoms with Crippen LogP contribution in [0, 0.1) is 5.92 Å². The molecule has 23 heavy (non-hydrogen) atoms. The Kier molecular flexibility index (Phi) is 6.13. The van der Waals surface area contributed by atoms with Gasteiger partial charge in [0.2, 0.25) is 0 Å². The van der Waals surface area contributed by atoms with Crippen molar-refractivity contribution in [3.63, 3.8) is 0 Å². The monoisotopic (exact) mass is 332 g/mol. The van der Waals surface area contributed by atoms with Crippen LogP contribution in [0.5, 0.6) is 0 Å². The Labute approximate surface area is 141 Å². The average Bonchev–Trinajstić information content (AvgIpc) is 2.55. The maximum Gasteiger partial charge on any atom is 0.253 e. The minimum atomic E-state index is -0.236. The third-order valence-electron chi connectivity index (χ3n) is 3.73. The van der Waals surface area contributed by atoms with Crippen LogP contribution in [-0.2, 0) is 0 Å². The highest BCUT2D eigenvalue weighted by Gasteiger charge is 2.19. The van der Waals surface area contributed by atoms with E-state index in [1.54, 1.807) is 18.3 Å². The highest BCUT2D eigenvalue weighted by molar-refractivity contribution is 6.34. The van der Waals surface area contributed by atoms with Crippen LogP contribution in [-0.4, -0.2) is 28.6 Å². The second kappa shape index (κ2) is 8.09. The van der Waals surface area contributed by atoms with Gasteiger partial charge >= 0.3 is 0 Å². The molecular formula is C18H21ClN2O2. The number of benzene rings is 1. The maximum atomic E-state index is 12.5. The van der Waals surface area contributed by atoms with Gasteiger partial charge in [-0.05, 0) is 36.6 Å². The normalized spacial score (nSPS) is 12.2. The van der Waals surface area contributed by atoms with Gasteiger partial charge in [-0.15, -0.1) is 0 Å². The van der Waals surface area contributed by atoms with Crippen LogP contribution < -0.4 is 5.32 Å². The van der Waals surface area contributed by atoms with Crippen LogP contribution in [0.15, 0.2) is 42.6 Å². The fourth-order valence-corrected chi connectivity index (χ4v) is 2.55. The predicted molar refractivity (Wildman–Crippen MR) is 92.5 cm³/mol. The summed E-state index contributed by atoms with van der Waals surface area (Å²) in [5.74, 6) is -0.0104. The number of halogens is 1. The number of hydrogen-bond acceptors (Lipinski definition) is 3. The number of nitrogens with zero attached hydrogens (tertiary/aromatic N) is 1. The Bertz CT molecular complexity index is 659. The van der Waals surface area contributed by atoms with E-state index in [2.05, 4.69) is 10.3 Å². The van der Waals surface area contributed by atoms with Gasteiger partial charge in [0.1, 0.15) is 0 Å². The summed E-state index contributed by atoms with van der Waals surface area (Å²) < 4.78 is 0. The SMILES string of the molecule is CC(C)C(CCO)NC(=O)c1cc(-c2ccccn2)ccc1Cl. The zero-order valence-electron chi connectivity index (χ0n) is 13.3. The first kappa shape index (κ1) is 17.4. The lowest BCUT2D eigenvalue weighted by atomic mass is 10.0. The van der Waals surface area contributed by atoms with E-state index >= 15 is 0 Å². The molecule has 1 heterocycles. The second-order valence-electron chi connectivity index (χ2n) is 5.75. The first-order valence-electron chi connectivity index (χ1n) is 7.65. The topological polar surface area (TPSA) is 62.2 Å². The lowest BCUT2D eigenvalue weighted by Crippen LogP contribution is -2.39. The zero-order valence-corrected chi connectivity index (χ0v) is 14.0. The maximum absolute atomic E-state index is 12.5. The highest BCUT2D eigenvalue weighted by atomic mass is 35.5. The molecule has 1 atom stereocenters. The van der Waals surface area contributed by atoms with Gasteiger partial charge in [-0.2, -0.15) is 0 Å². The summed E-state index contributed by atoms with van der Waals surface area (Å²) in [6, 6.07) is 10.8. The molecule has 1 unspecified atom stereocenters. The number of aliphatic hydroxyl groups excluding tert-OH is 1. The standard InChI is InChI=1S/C18H21ClN2O2/c1-12(2)16(8-10-22)21-18(23)14-11-13(6-7-15(14)19)17-5-3-4-9-20-17/h3-7,9,11-12,16,22H,8,10H2,1-2H3,(H,21,23). The number of aliphatic hydroxyl groups is 1. The van der Waals surface area contributed by atoms with Gasteiger partial charge in [0.15, 0.2) is 0 Å². The number of hydrogen-bond donors (Lipinski definition) is 2. The molecule has 1 amide bonds.